The SMILES string of the molecule is Cc1ccccc1C(=O)NCc1nnc(SCC(=O)NCCc2ccccc2)n1C. The molecule has 0 bridgehead atoms. The van der Waals surface area contributed by atoms with E-state index in [2.05, 4.69) is 20.8 Å². The van der Waals surface area contributed by atoms with Gasteiger partial charge in [-0.3, -0.25) is 9.59 Å². The Morgan fingerprint density at radius 2 is 1.73 bits per heavy atom. The van der Waals surface area contributed by atoms with Crippen LogP contribution in [0.2, 0.25) is 0 Å². The third-order valence-corrected chi connectivity index (χ3v) is 5.65. The van der Waals surface area contributed by atoms with Gasteiger partial charge in [-0.15, -0.1) is 10.2 Å². The zero-order valence-electron chi connectivity index (χ0n) is 17.1. The van der Waals surface area contributed by atoms with Gasteiger partial charge >= 0.3 is 0 Å². The molecule has 1 heterocycles. The van der Waals surface area contributed by atoms with E-state index >= 15 is 0 Å². The van der Waals surface area contributed by atoms with Gasteiger partial charge in [-0.05, 0) is 30.5 Å². The maximum Gasteiger partial charge on any atom is 0.251 e. The summed E-state index contributed by atoms with van der Waals surface area (Å²) in [6.07, 6.45) is 0.798. The lowest BCUT2D eigenvalue weighted by molar-refractivity contribution is -0.118. The number of rotatable bonds is 9. The van der Waals surface area contributed by atoms with Crippen molar-refractivity contribution in [2.75, 3.05) is 12.3 Å². The topological polar surface area (TPSA) is 88.9 Å². The molecule has 0 unspecified atom stereocenters. The van der Waals surface area contributed by atoms with Crippen LogP contribution < -0.4 is 10.6 Å². The van der Waals surface area contributed by atoms with Crippen LogP contribution in [-0.2, 0) is 24.8 Å². The zero-order valence-corrected chi connectivity index (χ0v) is 17.9. The summed E-state index contributed by atoms with van der Waals surface area (Å²) >= 11 is 1.32. The second-order valence-electron chi connectivity index (χ2n) is 6.83. The average molecular weight is 424 g/mol. The van der Waals surface area contributed by atoms with Crippen molar-refractivity contribution in [2.45, 2.75) is 25.0 Å². The van der Waals surface area contributed by atoms with Crippen LogP contribution in [0.3, 0.4) is 0 Å². The van der Waals surface area contributed by atoms with Gasteiger partial charge < -0.3 is 15.2 Å². The Balaban J connectivity index is 1.44. The van der Waals surface area contributed by atoms with Crippen LogP contribution in [0.25, 0.3) is 0 Å². The number of nitrogens with one attached hydrogen (secondary N) is 2. The number of amides is 2. The quantitative estimate of drug-likeness (QED) is 0.516. The number of nitrogens with zero attached hydrogens (tertiary/aromatic N) is 3. The number of aryl methyl sites for hydroxylation is 1. The van der Waals surface area contributed by atoms with E-state index in [4.69, 9.17) is 0 Å². The molecule has 2 amide bonds. The highest BCUT2D eigenvalue weighted by Gasteiger charge is 2.13. The fourth-order valence-electron chi connectivity index (χ4n) is 2.88. The minimum atomic E-state index is -0.150. The summed E-state index contributed by atoms with van der Waals surface area (Å²) < 4.78 is 1.79. The molecule has 2 N–H and O–H groups in total. The number of carbonyl (C=O) groups excluding carboxylic acids is 2. The Hall–Kier alpha value is -3.13. The van der Waals surface area contributed by atoms with Crippen LogP contribution in [0.5, 0.6) is 0 Å². The van der Waals surface area contributed by atoms with Crippen LogP contribution in [0.1, 0.15) is 27.3 Å². The Labute approximate surface area is 180 Å². The maximum atomic E-state index is 12.3. The van der Waals surface area contributed by atoms with Crippen LogP contribution in [0.4, 0.5) is 0 Å². The fourth-order valence-corrected chi connectivity index (χ4v) is 3.64. The minimum Gasteiger partial charge on any atom is -0.355 e. The van der Waals surface area contributed by atoms with E-state index < -0.39 is 0 Å². The van der Waals surface area contributed by atoms with Gasteiger partial charge in [0.05, 0.1) is 12.3 Å². The third kappa shape index (κ3) is 5.93. The first-order valence-corrected chi connectivity index (χ1v) is 10.7. The molecule has 0 aliphatic carbocycles. The lowest BCUT2D eigenvalue weighted by Crippen LogP contribution is -2.27. The molecule has 156 valence electrons. The first kappa shape index (κ1) is 21.6. The van der Waals surface area contributed by atoms with E-state index in [0.717, 1.165) is 12.0 Å². The number of benzene rings is 2. The fraction of sp³-hybridized carbons (Fsp3) is 0.273. The summed E-state index contributed by atoms with van der Waals surface area (Å²) in [4.78, 5) is 24.4. The monoisotopic (exact) mass is 423 g/mol. The molecule has 0 radical (unpaired) electrons. The van der Waals surface area contributed by atoms with E-state index in [9.17, 15) is 9.59 Å². The normalized spacial score (nSPS) is 10.6. The molecule has 1 aromatic heterocycles. The summed E-state index contributed by atoms with van der Waals surface area (Å²) in [6.45, 7) is 2.76. The first-order chi connectivity index (χ1) is 14.5. The van der Waals surface area contributed by atoms with Gasteiger partial charge in [0, 0.05) is 19.2 Å². The van der Waals surface area contributed by atoms with E-state index in [1.165, 1.54) is 17.3 Å². The van der Waals surface area contributed by atoms with Crippen molar-refractivity contribution in [1.82, 2.24) is 25.4 Å². The molecular weight excluding hydrogens is 398 g/mol. The maximum absolute atomic E-state index is 12.3. The Morgan fingerprint density at radius 3 is 2.50 bits per heavy atom. The number of aromatic nitrogens is 3. The van der Waals surface area contributed by atoms with Crippen molar-refractivity contribution in [3.8, 4) is 0 Å². The summed E-state index contributed by atoms with van der Waals surface area (Å²) in [5.74, 6) is 0.691. The Kier molecular flexibility index (Phi) is 7.62. The van der Waals surface area contributed by atoms with Crippen molar-refractivity contribution in [2.24, 2.45) is 7.05 Å². The minimum absolute atomic E-state index is 0.0478. The molecule has 8 heteroatoms. The zero-order chi connectivity index (χ0) is 21.3. The van der Waals surface area contributed by atoms with Crippen molar-refractivity contribution in [3.05, 3.63) is 77.1 Å². The second kappa shape index (κ2) is 10.6. The first-order valence-electron chi connectivity index (χ1n) is 9.70. The highest BCUT2D eigenvalue weighted by Crippen LogP contribution is 2.15. The standard InChI is InChI=1S/C22H25N5O2S/c1-16-8-6-7-11-18(16)21(29)24-14-19-25-26-22(27(19)2)30-15-20(28)23-13-12-17-9-4-3-5-10-17/h3-11H,12-15H2,1-2H3,(H,23,28)(H,24,29). The second-order valence-corrected chi connectivity index (χ2v) is 7.77. The van der Waals surface area contributed by atoms with Crippen molar-refractivity contribution < 1.29 is 9.59 Å². The smallest absolute Gasteiger partial charge is 0.251 e. The number of hydrogen-bond donors (Lipinski definition) is 2. The molecule has 0 spiro atoms. The third-order valence-electron chi connectivity index (χ3n) is 4.63. The van der Waals surface area contributed by atoms with Gasteiger partial charge in [0.1, 0.15) is 0 Å². The summed E-state index contributed by atoms with van der Waals surface area (Å²) in [5.41, 5.74) is 2.75. The van der Waals surface area contributed by atoms with E-state index in [1.54, 1.807) is 10.6 Å². The van der Waals surface area contributed by atoms with E-state index in [1.807, 2.05) is 62.5 Å². The molecular formula is C22H25N5O2S. The van der Waals surface area contributed by atoms with E-state index in [-0.39, 0.29) is 24.1 Å². The highest BCUT2D eigenvalue weighted by atomic mass is 32.2. The van der Waals surface area contributed by atoms with Crippen LogP contribution in [0, 0.1) is 6.92 Å². The Morgan fingerprint density at radius 1 is 1.00 bits per heavy atom. The van der Waals surface area contributed by atoms with Crippen molar-refractivity contribution in [3.63, 3.8) is 0 Å². The molecule has 2 aromatic carbocycles. The van der Waals surface area contributed by atoms with E-state index in [0.29, 0.717) is 23.1 Å². The van der Waals surface area contributed by atoms with Gasteiger partial charge in [0.2, 0.25) is 5.91 Å². The molecule has 0 atom stereocenters. The van der Waals surface area contributed by atoms with Crippen LogP contribution in [0.15, 0.2) is 59.8 Å². The predicted molar refractivity (Wildman–Crippen MR) is 117 cm³/mol. The van der Waals surface area contributed by atoms with Crippen LogP contribution >= 0.6 is 11.8 Å². The highest BCUT2D eigenvalue weighted by molar-refractivity contribution is 7.99. The van der Waals surface area contributed by atoms with Gasteiger partial charge in [-0.1, -0.05) is 60.3 Å². The predicted octanol–water partition coefficient (Wildman–Crippen LogP) is 2.50. The number of carbonyl (C=O) groups is 2. The molecule has 0 saturated carbocycles. The Bertz CT molecular complexity index is 1000. The molecule has 0 aliphatic heterocycles. The number of thioether (sulfide) groups is 1. The van der Waals surface area contributed by atoms with Crippen molar-refractivity contribution >= 4 is 23.6 Å². The molecule has 3 aromatic rings. The summed E-state index contributed by atoms with van der Waals surface area (Å²) in [7, 11) is 1.82. The number of hydrogen-bond acceptors (Lipinski definition) is 5. The van der Waals surface area contributed by atoms with Gasteiger partial charge in [0.15, 0.2) is 11.0 Å². The molecule has 3 rings (SSSR count). The average Bonchev–Trinajstić information content (AvgIpc) is 3.11. The van der Waals surface area contributed by atoms with Crippen LogP contribution in [-0.4, -0.2) is 38.9 Å². The van der Waals surface area contributed by atoms with Gasteiger partial charge in [0.25, 0.3) is 5.91 Å². The van der Waals surface area contributed by atoms with Crippen molar-refractivity contribution in [1.29, 1.82) is 0 Å². The molecule has 7 nitrogen and oxygen atoms in total. The van der Waals surface area contributed by atoms with Gasteiger partial charge in [-0.25, -0.2) is 0 Å². The molecule has 0 aliphatic rings. The largest absolute Gasteiger partial charge is 0.355 e. The summed E-state index contributed by atoms with van der Waals surface area (Å²) in [6, 6.07) is 17.5. The molecule has 30 heavy (non-hydrogen) atoms. The lowest BCUT2D eigenvalue weighted by atomic mass is 10.1. The van der Waals surface area contributed by atoms with Gasteiger partial charge in [-0.2, -0.15) is 0 Å². The molecule has 0 fully saturated rings. The summed E-state index contributed by atoms with van der Waals surface area (Å²) in [5, 5.41) is 14.7. The lowest BCUT2D eigenvalue weighted by Gasteiger charge is -2.08. The molecule has 0 saturated heterocycles.